The monoisotopic (exact) mass is 287 g/mol. The van der Waals surface area contributed by atoms with Gasteiger partial charge in [0.2, 0.25) is 5.91 Å². The van der Waals surface area contributed by atoms with E-state index in [0.717, 1.165) is 12.8 Å². The molecule has 1 aliphatic rings. The van der Waals surface area contributed by atoms with Gasteiger partial charge in [-0.1, -0.05) is 0 Å². The Balaban J connectivity index is 2.08. The number of urea groups is 1. The summed E-state index contributed by atoms with van der Waals surface area (Å²) in [7, 11) is 0. The Morgan fingerprint density at radius 3 is 2.50 bits per heavy atom. The summed E-state index contributed by atoms with van der Waals surface area (Å²) >= 11 is 0. The lowest BCUT2D eigenvalue weighted by atomic mass is 10.2. The maximum Gasteiger partial charge on any atom is 0.326 e. The quantitative estimate of drug-likeness (QED) is 0.354. The maximum atomic E-state index is 11.4. The second-order valence-electron chi connectivity index (χ2n) is 4.75. The minimum atomic E-state index is -1.20. The molecule has 1 unspecified atom stereocenters. The van der Waals surface area contributed by atoms with Crippen molar-refractivity contribution in [3.63, 3.8) is 0 Å². The molecule has 0 aromatic rings. The van der Waals surface area contributed by atoms with E-state index in [9.17, 15) is 14.4 Å². The predicted molar refractivity (Wildman–Crippen MR) is 70.1 cm³/mol. The molecule has 3 amide bonds. The first-order valence-corrected chi connectivity index (χ1v) is 6.70. The standard InChI is InChI=1S/C12H21N3O5/c16-7-5-9(11(18)19)15-12(20)13-6-1-2-10(17)14-8-3-4-8/h8-9,16H,1-7H2,(H,14,17)(H,18,19)(H2,13,15,20). The number of hydrogen-bond donors (Lipinski definition) is 5. The Hall–Kier alpha value is -1.83. The summed E-state index contributed by atoms with van der Waals surface area (Å²) in [4.78, 5) is 33.5. The van der Waals surface area contributed by atoms with Gasteiger partial charge >= 0.3 is 12.0 Å². The van der Waals surface area contributed by atoms with Gasteiger partial charge in [-0.15, -0.1) is 0 Å². The van der Waals surface area contributed by atoms with Crippen molar-refractivity contribution in [2.75, 3.05) is 13.2 Å². The van der Waals surface area contributed by atoms with Crippen LogP contribution >= 0.6 is 0 Å². The normalized spacial score (nSPS) is 15.2. The molecule has 0 heterocycles. The molecule has 1 fully saturated rings. The van der Waals surface area contributed by atoms with Crippen molar-refractivity contribution in [3.05, 3.63) is 0 Å². The van der Waals surface area contributed by atoms with E-state index in [2.05, 4.69) is 16.0 Å². The number of carbonyl (C=O) groups excluding carboxylic acids is 2. The van der Waals surface area contributed by atoms with Crippen LogP contribution in [0.2, 0.25) is 0 Å². The van der Waals surface area contributed by atoms with Gasteiger partial charge in [-0.25, -0.2) is 9.59 Å². The average Bonchev–Trinajstić information content (AvgIpc) is 3.18. The minimum Gasteiger partial charge on any atom is -0.480 e. The zero-order chi connectivity index (χ0) is 15.0. The van der Waals surface area contributed by atoms with Crippen molar-refractivity contribution in [2.45, 2.75) is 44.2 Å². The highest BCUT2D eigenvalue weighted by Gasteiger charge is 2.22. The predicted octanol–water partition coefficient (Wildman–Crippen LogP) is -0.820. The number of carboxylic acid groups (broad SMARTS) is 1. The SMILES string of the molecule is O=C(CCCNC(=O)NC(CCO)C(=O)O)NC1CC1. The Kier molecular flexibility index (Phi) is 6.78. The van der Waals surface area contributed by atoms with E-state index in [1.807, 2.05) is 0 Å². The molecule has 0 aliphatic heterocycles. The van der Waals surface area contributed by atoms with Gasteiger partial charge in [0.05, 0.1) is 0 Å². The van der Waals surface area contributed by atoms with E-state index in [0.29, 0.717) is 18.9 Å². The average molecular weight is 287 g/mol. The van der Waals surface area contributed by atoms with Crippen LogP contribution in [0.1, 0.15) is 32.1 Å². The number of carboxylic acids is 1. The first kappa shape index (κ1) is 16.2. The van der Waals surface area contributed by atoms with Crippen molar-refractivity contribution < 1.29 is 24.6 Å². The molecule has 0 radical (unpaired) electrons. The largest absolute Gasteiger partial charge is 0.480 e. The number of aliphatic hydroxyl groups excluding tert-OH is 1. The summed E-state index contributed by atoms with van der Waals surface area (Å²) in [5.74, 6) is -1.23. The summed E-state index contributed by atoms with van der Waals surface area (Å²) < 4.78 is 0. The van der Waals surface area contributed by atoms with Crippen LogP contribution < -0.4 is 16.0 Å². The van der Waals surface area contributed by atoms with Gasteiger partial charge in [-0.05, 0) is 19.3 Å². The van der Waals surface area contributed by atoms with Crippen molar-refractivity contribution in [3.8, 4) is 0 Å². The van der Waals surface area contributed by atoms with Crippen molar-refractivity contribution in [2.24, 2.45) is 0 Å². The van der Waals surface area contributed by atoms with Crippen molar-refractivity contribution in [1.29, 1.82) is 0 Å². The van der Waals surface area contributed by atoms with Gasteiger partial charge in [0.25, 0.3) is 0 Å². The third-order valence-electron chi connectivity index (χ3n) is 2.83. The van der Waals surface area contributed by atoms with Crippen LogP contribution in [0.15, 0.2) is 0 Å². The first-order valence-electron chi connectivity index (χ1n) is 6.70. The molecule has 0 spiro atoms. The van der Waals surface area contributed by atoms with Crippen LogP contribution in [-0.4, -0.2) is 53.4 Å². The molecule has 5 N–H and O–H groups in total. The fraction of sp³-hybridized carbons (Fsp3) is 0.750. The van der Waals surface area contributed by atoms with Crippen molar-refractivity contribution >= 4 is 17.9 Å². The number of hydrogen-bond acceptors (Lipinski definition) is 4. The fourth-order valence-corrected chi connectivity index (χ4v) is 1.57. The molecule has 0 aromatic carbocycles. The number of aliphatic carboxylic acids is 1. The lowest BCUT2D eigenvalue weighted by Crippen LogP contribution is -2.46. The molecule has 1 aliphatic carbocycles. The zero-order valence-corrected chi connectivity index (χ0v) is 11.2. The molecule has 1 rings (SSSR count). The molecule has 1 saturated carbocycles. The van der Waals surface area contributed by atoms with E-state index >= 15 is 0 Å². The molecule has 114 valence electrons. The van der Waals surface area contributed by atoms with Gasteiger partial charge in [-0.2, -0.15) is 0 Å². The highest BCUT2D eigenvalue weighted by atomic mass is 16.4. The Labute approximate surface area is 116 Å². The second-order valence-corrected chi connectivity index (χ2v) is 4.75. The van der Waals surface area contributed by atoms with Crippen LogP contribution in [0.3, 0.4) is 0 Å². The van der Waals surface area contributed by atoms with Crippen LogP contribution in [0.25, 0.3) is 0 Å². The highest BCUT2D eigenvalue weighted by molar-refractivity contribution is 5.82. The molecule has 8 nitrogen and oxygen atoms in total. The number of aliphatic hydroxyl groups is 1. The molecular weight excluding hydrogens is 266 g/mol. The summed E-state index contributed by atoms with van der Waals surface area (Å²) in [5.41, 5.74) is 0. The number of amides is 3. The van der Waals surface area contributed by atoms with Crippen molar-refractivity contribution in [1.82, 2.24) is 16.0 Å². The van der Waals surface area contributed by atoms with E-state index in [4.69, 9.17) is 10.2 Å². The van der Waals surface area contributed by atoms with E-state index in [-0.39, 0.29) is 25.5 Å². The first-order chi connectivity index (χ1) is 9.52. The van der Waals surface area contributed by atoms with Crippen LogP contribution in [0, 0.1) is 0 Å². The summed E-state index contributed by atoms with van der Waals surface area (Å²) in [6, 6.07) is -1.40. The Morgan fingerprint density at radius 2 is 1.95 bits per heavy atom. The second kappa shape index (κ2) is 8.36. The third kappa shape index (κ3) is 6.93. The van der Waals surface area contributed by atoms with Gasteiger partial charge in [0.15, 0.2) is 0 Å². The van der Waals surface area contributed by atoms with Crippen LogP contribution in [0.5, 0.6) is 0 Å². The van der Waals surface area contributed by atoms with E-state index in [1.54, 1.807) is 0 Å². The molecular formula is C12H21N3O5. The Morgan fingerprint density at radius 1 is 1.25 bits per heavy atom. The number of nitrogens with one attached hydrogen (secondary N) is 3. The minimum absolute atomic E-state index is 0.0293. The highest BCUT2D eigenvalue weighted by Crippen LogP contribution is 2.18. The molecule has 8 heteroatoms. The molecule has 1 atom stereocenters. The fourth-order valence-electron chi connectivity index (χ4n) is 1.57. The lowest BCUT2D eigenvalue weighted by Gasteiger charge is -2.13. The van der Waals surface area contributed by atoms with E-state index in [1.165, 1.54) is 0 Å². The summed E-state index contributed by atoms with van der Waals surface area (Å²) in [6.07, 6.45) is 2.84. The number of rotatable bonds is 9. The summed E-state index contributed by atoms with van der Waals surface area (Å²) in [5, 5.41) is 25.0. The number of carbonyl (C=O) groups is 3. The Bertz CT molecular complexity index is 357. The molecule has 20 heavy (non-hydrogen) atoms. The lowest BCUT2D eigenvalue weighted by molar-refractivity contribution is -0.139. The van der Waals surface area contributed by atoms with Gasteiger partial charge in [0.1, 0.15) is 6.04 Å². The maximum absolute atomic E-state index is 11.4. The third-order valence-corrected chi connectivity index (χ3v) is 2.83. The smallest absolute Gasteiger partial charge is 0.326 e. The van der Waals surface area contributed by atoms with Gasteiger partial charge < -0.3 is 26.2 Å². The van der Waals surface area contributed by atoms with Gasteiger partial charge in [0, 0.05) is 32.0 Å². The van der Waals surface area contributed by atoms with Gasteiger partial charge in [-0.3, -0.25) is 4.79 Å². The van der Waals surface area contributed by atoms with Crippen LogP contribution in [0.4, 0.5) is 4.79 Å². The zero-order valence-electron chi connectivity index (χ0n) is 11.2. The van der Waals surface area contributed by atoms with Crippen LogP contribution in [-0.2, 0) is 9.59 Å². The molecule has 0 aromatic heterocycles. The molecule has 0 saturated heterocycles. The topological polar surface area (TPSA) is 128 Å². The van der Waals surface area contributed by atoms with E-state index < -0.39 is 18.0 Å². The molecule has 0 bridgehead atoms. The summed E-state index contributed by atoms with van der Waals surface area (Å²) in [6.45, 7) is -0.0338.